The van der Waals surface area contributed by atoms with Gasteiger partial charge in [-0.15, -0.1) is 0 Å². The maximum atomic E-state index is 13.2. The lowest BCUT2D eigenvalue weighted by Gasteiger charge is -2.26. The number of rotatable bonds is 7. The van der Waals surface area contributed by atoms with Crippen LogP contribution < -0.4 is 4.90 Å². The number of ketones is 1. The van der Waals surface area contributed by atoms with Gasteiger partial charge in [-0.2, -0.15) is 0 Å². The molecule has 3 aromatic rings. The SMILES string of the molecule is CC(C)OCCN1C(=O)C(=O)/C(=C(\O)c2c[nH]c3ccccc23)C1c1ccc(N(C)C)cc1. The summed E-state index contributed by atoms with van der Waals surface area (Å²) in [5, 5.41) is 12.1. The molecule has 1 aromatic heterocycles. The van der Waals surface area contributed by atoms with Crippen molar-refractivity contribution in [3.8, 4) is 0 Å². The van der Waals surface area contributed by atoms with E-state index in [1.807, 2.05) is 81.4 Å². The van der Waals surface area contributed by atoms with Gasteiger partial charge in [-0.1, -0.05) is 30.3 Å². The number of likely N-dealkylation sites (tertiary alicyclic amines) is 1. The fourth-order valence-electron chi connectivity index (χ4n) is 4.21. The normalized spacial score (nSPS) is 18.0. The van der Waals surface area contributed by atoms with E-state index >= 15 is 0 Å². The van der Waals surface area contributed by atoms with Crippen molar-refractivity contribution < 1.29 is 19.4 Å². The van der Waals surface area contributed by atoms with Crippen LogP contribution in [-0.4, -0.2) is 60.0 Å². The Morgan fingerprint density at radius 1 is 1.12 bits per heavy atom. The topological polar surface area (TPSA) is 85.9 Å². The Morgan fingerprint density at radius 2 is 1.82 bits per heavy atom. The lowest BCUT2D eigenvalue weighted by Crippen LogP contribution is -2.33. The molecule has 0 bridgehead atoms. The van der Waals surface area contributed by atoms with E-state index in [2.05, 4.69) is 4.98 Å². The van der Waals surface area contributed by atoms with Gasteiger partial charge in [-0.3, -0.25) is 9.59 Å². The Morgan fingerprint density at radius 3 is 2.48 bits per heavy atom. The smallest absolute Gasteiger partial charge is 0.295 e. The van der Waals surface area contributed by atoms with E-state index in [0.29, 0.717) is 12.2 Å². The Labute approximate surface area is 193 Å². The van der Waals surface area contributed by atoms with Crippen LogP contribution in [0.15, 0.2) is 60.3 Å². The molecule has 1 saturated heterocycles. The first-order chi connectivity index (χ1) is 15.8. The number of anilines is 1. The second-order valence-corrected chi connectivity index (χ2v) is 8.65. The molecule has 7 heteroatoms. The molecule has 2 N–H and O–H groups in total. The van der Waals surface area contributed by atoms with Crippen molar-refractivity contribution in [3.05, 3.63) is 71.4 Å². The molecule has 0 aliphatic carbocycles. The van der Waals surface area contributed by atoms with E-state index in [4.69, 9.17) is 4.74 Å². The fourth-order valence-corrected chi connectivity index (χ4v) is 4.21. The average Bonchev–Trinajstić information content (AvgIpc) is 3.33. The lowest BCUT2D eigenvalue weighted by atomic mass is 9.95. The van der Waals surface area contributed by atoms with Gasteiger partial charge >= 0.3 is 0 Å². The highest BCUT2D eigenvalue weighted by Gasteiger charge is 2.46. The van der Waals surface area contributed by atoms with Crippen molar-refractivity contribution in [1.82, 2.24) is 9.88 Å². The Kier molecular flexibility index (Phi) is 6.24. The maximum absolute atomic E-state index is 13.2. The molecule has 4 rings (SSSR count). The number of aliphatic hydroxyl groups excluding tert-OH is 1. The number of ether oxygens (including phenoxy) is 1. The second kappa shape index (κ2) is 9.11. The molecule has 33 heavy (non-hydrogen) atoms. The lowest BCUT2D eigenvalue weighted by molar-refractivity contribution is -0.140. The molecule has 1 amide bonds. The zero-order chi connectivity index (χ0) is 23.7. The largest absolute Gasteiger partial charge is 0.507 e. The monoisotopic (exact) mass is 447 g/mol. The Hall–Kier alpha value is -3.58. The number of carbonyl (C=O) groups is 2. The van der Waals surface area contributed by atoms with Crippen LogP contribution in [0.3, 0.4) is 0 Å². The second-order valence-electron chi connectivity index (χ2n) is 8.65. The third-order valence-corrected chi connectivity index (χ3v) is 5.89. The molecule has 0 spiro atoms. The van der Waals surface area contributed by atoms with Crippen molar-refractivity contribution in [2.24, 2.45) is 0 Å². The van der Waals surface area contributed by atoms with Crippen LogP contribution in [0.25, 0.3) is 16.7 Å². The highest BCUT2D eigenvalue weighted by Crippen LogP contribution is 2.40. The van der Waals surface area contributed by atoms with Gasteiger partial charge in [0.2, 0.25) is 0 Å². The summed E-state index contributed by atoms with van der Waals surface area (Å²) in [6.07, 6.45) is 1.67. The molecular weight excluding hydrogens is 418 g/mol. The van der Waals surface area contributed by atoms with E-state index < -0.39 is 17.7 Å². The minimum Gasteiger partial charge on any atom is -0.507 e. The number of nitrogens with one attached hydrogen (secondary N) is 1. The average molecular weight is 448 g/mol. The molecule has 1 unspecified atom stereocenters. The quantitative estimate of drug-likeness (QED) is 0.324. The number of fused-ring (bicyclic) bond motifs is 1. The Bertz CT molecular complexity index is 1210. The number of para-hydroxylation sites is 1. The van der Waals surface area contributed by atoms with Gasteiger partial charge in [0.25, 0.3) is 11.7 Å². The van der Waals surface area contributed by atoms with Gasteiger partial charge < -0.3 is 24.6 Å². The van der Waals surface area contributed by atoms with Crippen molar-refractivity contribution in [2.45, 2.75) is 26.0 Å². The third kappa shape index (κ3) is 4.24. The molecule has 1 fully saturated rings. The number of aromatic amines is 1. The minimum absolute atomic E-state index is 0.00543. The molecule has 172 valence electrons. The van der Waals surface area contributed by atoms with Crippen LogP contribution in [-0.2, 0) is 14.3 Å². The number of nitrogens with zero attached hydrogens (tertiary/aromatic N) is 2. The number of H-pyrrole nitrogens is 1. The Balaban J connectivity index is 1.83. The highest BCUT2D eigenvalue weighted by molar-refractivity contribution is 6.46. The standard InChI is InChI=1S/C26H29N3O4/c1-16(2)33-14-13-29-23(17-9-11-18(12-10-17)28(3)4)22(25(31)26(29)32)24(30)20-15-27-21-8-6-5-7-19(20)21/h5-12,15-16,23,27,30H,13-14H2,1-4H3/b24-22-. The van der Waals surface area contributed by atoms with Crippen LogP contribution in [0.4, 0.5) is 5.69 Å². The number of aromatic nitrogens is 1. The van der Waals surface area contributed by atoms with Crippen LogP contribution in [0.1, 0.15) is 31.0 Å². The van der Waals surface area contributed by atoms with Crippen molar-refractivity contribution in [3.63, 3.8) is 0 Å². The van der Waals surface area contributed by atoms with Crippen molar-refractivity contribution in [1.29, 1.82) is 0 Å². The first-order valence-corrected chi connectivity index (χ1v) is 11.0. The van der Waals surface area contributed by atoms with E-state index in [9.17, 15) is 14.7 Å². The van der Waals surface area contributed by atoms with Crippen molar-refractivity contribution >= 4 is 34.0 Å². The van der Waals surface area contributed by atoms with Crippen LogP contribution in [0.5, 0.6) is 0 Å². The van der Waals surface area contributed by atoms with Gasteiger partial charge in [0, 0.05) is 49.0 Å². The number of Topliss-reactive ketones (excluding diaryl/α,β-unsaturated/α-hetero) is 1. The van der Waals surface area contributed by atoms with Gasteiger partial charge in [-0.25, -0.2) is 0 Å². The number of amides is 1. The van der Waals surface area contributed by atoms with Gasteiger partial charge in [0.1, 0.15) is 5.76 Å². The van der Waals surface area contributed by atoms with Gasteiger partial charge in [-0.05, 0) is 37.6 Å². The fraction of sp³-hybridized carbons (Fsp3) is 0.308. The zero-order valence-corrected chi connectivity index (χ0v) is 19.3. The number of benzene rings is 2. The van der Waals surface area contributed by atoms with E-state index in [-0.39, 0.29) is 24.0 Å². The molecule has 1 aliphatic heterocycles. The first kappa shape index (κ1) is 22.6. The van der Waals surface area contributed by atoms with E-state index in [1.54, 1.807) is 6.20 Å². The molecule has 0 saturated carbocycles. The summed E-state index contributed by atoms with van der Waals surface area (Å²) in [4.78, 5) is 32.8. The van der Waals surface area contributed by atoms with Crippen LogP contribution in [0, 0.1) is 0 Å². The summed E-state index contributed by atoms with van der Waals surface area (Å²) >= 11 is 0. The predicted molar refractivity (Wildman–Crippen MR) is 129 cm³/mol. The molecular formula is C26H29N3O4. The van der Waals surface area contributed by atoms with Crippen LogP contribution in [0.2, 0.25) is 0 Å². The van der Waals surface area contributed by atoms with Crippen LogP contribution >= 0.6 is 0 Å². The number of carbonyl (C=O) groups excluding carboxylic acids is 2. The predicted octanol–water partition coefficient (Wildman–Crippen LogP) is 4.08. The molecule has 2 aromatic carbocycles. The molecule has 2 heterocycles. The minimum atomic E-state index is -0.703. The van der Waals surface area contributed by atoms with E-state index in [0.717, 1.165) is 22.2 Å². The summed E-state index contributed by atoms with van der Waals surface area (Å²) in [5.74, 6) is -1.51. The zero-order valence-electron chi connectivity index (χ0n) is 19.3. The summed E-state index contributed by atoms with van der Waals surface area (Å²) in [6, 6.07) is 14.5. The first-order valence-electron chi connectivity index (χ1n) is 11.0. The van der Waals surface area contributed by atoms with Gasteiger partial charge in [0.05, 0.1) is 24.3 Å². The molecule has 7 nitrogen and oxygen atoms in total. The van der Waals surface area contributed by atoms with Crippen molar-refractivity contribution in [2.75, 3.05) is 32.1 Å². The molecule has 1 atom stereocenters. The third-order valence-electron chi connectivity index (χ3n) is 5.89. The number of aliphatic hydroxyl groups is 1. The highest BCUT2D eigenvalue weighted by atomic mass is 16.5. The van der Waals surface area contributed by atoms with E-state index in [1.165, 1.54) is 4.90 Å². The summed E-state index contributed by atoms with van der Waals surface area (Å²) < 4.78 is 5.65. The molecule has 1 aliphatic rings. The molecule has 0 radical (unpaired) electrons. The number of hydrogen-bond acceptors (Lipinski definition) is 5. The summed E-state index contributed by atoms with van der Waals surface area (Å²) in [5.41, 5.74) is 3.18. The van der Waals surface area contributed by atoms with Gasteiger partial charge in [0.15, 0.2) is 0 Å². The maximum Gasteiger partial charge on any atom is 0.295 e. The summed E-state index contributed by atoms with van der Waals surface area (Å²) in [7, 11) is 3.89. The number of hydrogen-bond donors (Lipinski definition) is 2. The summed E-state index contributed by atoms with van der Waals surface area (Å²) in [6.45, 7) is 4.38.